The first-order chi connectivity index (χ1) is 12.6. The number of aryl methyl sites for hydroxylation is 1. The predicted molar refractivity (Wildman–Crippen MR) is 102 cm³/mol. The summed E-state index contributed by atoms with van der Waals surface area (Å²) in [6.07, 6.45) is 10.7. The van der Waals surface area contributed by atoms with Gasteiger partial charge < -0.3 is 9.88 Å². The second-order valence-corrected chi connectivity index (χ2v) is 6.60. The molecule has 0 saturated carbocycles. The monoisotopic (exact) mass is 352 g/mol. The van der Waals surface area contributed by atoms with Crippen molar-refractivity contribution < 1.29 is 10.0 Å². The summed E-state index contributed by atoms with van der Waals surface area (Å²) in [5, 5.41) is 12.0. The Kier molecular flexibility index (Phi) is 5.65. The SMILES string of the molecule is C[C@H]1C=CC(CNCc2nc3cc(/C=C/C(=O)NO)ccc3n2C)=CC1. The molecule has 1 atom stereocenters. The summed E-state index contributed by atoms with van der Waals surface area (Å²) in [7, 11) is 2.00. The van der Waals surface area contributed by atoms with Crippen LogP contribution < -0.4 is 10.8 Å². The fraction of sp³-hybridized carbons (Fsp3) is 0.300. The van der Waals surface area contributed by atoms with Crippen LogP contribution in [0.5, 0.6) is 0 Å². The number of aromatic nitrogens is 2. The number of fused-ring (bicyclic) bond motifs is 1. The second kappa shape index (κ2) is 8.12. The van der Waals surface area contributed by atoms with E-state index in [1.54, 1.807) is 11.6 Å². The number of hydroxylamine groups is 1. The zero-order valence-electron chi connectivity index (χ0n) is 15.1. The average Bonchev–Trinajstić information content (AvgIpc) is 2.96. The summed E-state index contributed by atoms with van der Waals surface area (Å²) >= 11 is 0. The molecule has 6 heteroatoms. The molecule has 0 aliphatic heterocycles. The maximum absolute atomic E-state index is 11.1. The highest BCUT2D eigenvalue weighted by Crippen LogP contribution is 2.18. The molecule has 2 aromatic rings. The number of rotatable bonds is 6. The highest BCUT2D eigenvalue weighted by atomic mass is 16.5. The summed E-state index contributed by atoms with van der Waals surface area (Å²) in [5.41, 5.74) is 5.66. The minimum atomic E-state index is -0.559. The quantitative estimate of drug-likeness (QED) is 0.424. The van der Waals surface area contributed by atoms with E-state index >= 15 is 0 Å². The minimum absolute atomic E-state index is 0.559. The van der Waals surface area contributed by atoms with Gasteiger partial charge in [-0.1, -0.05) is 31.2 Å². The van der Waals surface area contributed by atoms with E-state index in [9.17, 15) is 4.79 Å². The van der Waals surface area contributed by atoms with Crippen LogP contribution in [-0.2, 0) is 18.4 Å². The van der Waals surface area contributed by atoms with Crippen LogP contribution in [0, 0.1) is 5.92 Å². The molecule has 0 spiro atoms. The van der Waals surface area contributed by atoms with Gasteiger partial charge in [-0.15, -0.1) is 0 Å². The molecule has 1 aromatic carbocycles. The van der Waals surface area contributed by atoms with Crippen molar-refractivity contribution in [1.82, 2.24) is 20.3 Å². The van der Waals surface area contributed by atoms with Crippen molar-refractivity contribution in [3.05, 3.63) is 59.5 Å². The summed E-state index contributed by atoms with van der Waals surface area (Å²) < 4.78 is 2.07. The van der Waals surface area contributed by atoms with Crippen LogP contribution in [0.4, 0.5) is 0 Å². The van der Waals surface area contributed by atoms with Gasteiger partial charge in [0.25, 0.3) is 5.91 Å². The first kappa shape index (κ1) is 18.1. The fourth-order valence-corrected chi connectivity index (χ4v) is 2.96. The van der Waals surface area contributed by atoms with E-state index in [0.717, 1.165) is 35.4 Å². The van der Waals surface area contributed by atoms with Crippen LogP contribution >= 0.6 is 0 Å². The lowest BCUT2D eigenvalue weighted by Crippen LogP contribution is -2.19. The average molecular weight is 352 g/mol. The second-order valence-electron chi connectivity index (χ2n) is 6.60. The molecule has 0 radical (unpaired) electrons. The van der Waals surface area contributed by atoms with Crippen LogP contribution in [0.25, 0.3) is 17.1 Å². The Labute approximate surface area is 152 Å². The normalized spacial score (nSPS) is 17.0. The Balaban J connectivity index is 1.67. The first-order valence-electron chi connectivity index (χ1n) is 8.72. The van der Waals surface area contributed by atoms with Crippen LogP contribution in [0.1, 0.15) is 24.7 Å². The first-order valence-corrected chi connectivity index (χ1v) is 8.72. The Morgan fingerprint density at radius 1 is 1.42 bits per heavy atom. The van der Waals surface area contributed by atoms with Crippen molar-refractivity contribution in [3.8, 4) is 0 Å². The standard InChI is InChI=1S/C20H24N4O2/c1-14-3-5-16(6-4-14)12-21-13-19-22-17-11-15(8-10-20(25)23-26)7-9-18(17)24(19)2/h3,5-11,14,21,26H,4,12-13H2,1-2H3,(H,23,25)/b10-8+/t14-/m0/s1. The number of imidazole rings is 1. The molecular formula is C20H24N4O2. The number of benzene rings is 1. The van der Waals surface area contributed by atoms with Gasteiger partial charge in [-0.05, 0) is 41.7 Å². The number of carbonyl (C=O) groups excluding carboxylic acids is 1. The van der Waals surface area contributed by atoms with Crippen LogP contribution in [0.2, 0.25) is 0 Å². The number of nitrogens with zero attached hydrogens (tertiary/aromatic N) is 2. The Morgan fingerprint density at radius 2 is 2.27 bits per heavy atom. The van der Waals surface area contributed by atoms with Gasteiger partial charge in [0.2, 0.25) is 0 Å². The van der Waals surface area contributed by atoms with Crippen LogP contribution in [0.3, 0.4) is 0 Å². The third-order valence-electron chi connectivity index (χ3n) is 4.54. The number of allylic oxidation sites excluding steroid dienone is 2. The van der Waals surface area contributed by atoms with E-state index in [2.05, 4.69) is 35.0 Å². The van der Waals surface area contributed by atoms with Crippen molar-refractivity contribution in [2.45, 2.75) is 19.9 Å². The number of carbonyl (C=O) groups is 1. The summed E-state index contributed by atoms with van der Waals surface area (Å²) in [5.74, 6) is 1.03. The van der Waals surface area contributed by atoms with Crippen molar-refractivity contribution in [2.75, 3.05) is 6.54 Å². The highest BCUT2D eigenvalue weighted by Gasteiger charge is 2.09. The van der Waals surface area contributed by atoms with E-state index in [1.165, 1.54) is 11.6 Å². The molecule has 0 bridgehead atoms. The smallest absolute Gasteiger partial charge is 0.267 e. The fourth-order valence-electron chi connectivity index (χ4n) is 2.96. The predicted octanol–water partition coefficient (Wildman–Crippen LogP) is 2.70. The highest BCUT2D eigenvalue weighted by molar-refractivity contribution is 5.91. The van der Waals surface area contributed by atoms with Crippen molar-refractivity contribution in [3.63, 3.8) is 0 Å². The molecule has 1 amide bonds. The van der Waals surface area contributed by atoms with Crippen molar-refractivity contribution >= 4 is 23.0 Å². The van der Waals surface area contributed by atoms with Gasteiger partial charge in [-0.3, -0.25) is 10.0 Å². The molecule has 1 heterocycles. The zero-order chi connectivity index (χ0) is 18.5. The Morgan fingerprint density at radius 3 is 3.00 bits per heavy atom. The van der Waals surface area contributed by atoms with Gasteiger partial charge in [0.1, 0.15) is 5.82 Å². The van der Waals surface area contributed by atoms with Gasteiger partial charge in [0.15, 0.2) is 0 Å². The third kappa shape index (κ3) is 4.28. The van der Waals surface area contributed by atoms with Gasteiger partial charge in [-0.2, -0.15) is 0 Å². The van der Waals surface area contributed by atoms with Gasteiger partial charge in [-0.25, -0.2) is 10.5 Å². The largest absolute Gasteiger partial charge is 0.330 e. The summed E-state index contributed by atoms with van der Waals surface area (Å²) in [6, 6.07) is 5.82. The van der Waals surface area contributed by atoms with Crippen LogP contribution in [0.15, 0.2) is 48.1 Å². The third-order valence-corrected chi connectivity index (χ3v) is 4.54. The molecule has 1 aromatic heterocycles. The maximum Gasteiger partial charge on any atom is 0.267 e. The van der Waals surface area contributed by atoms with Gasteiger partial charge in [0, 0.05) is 19.7 Å². The van der Waals surface area contributed by atoms with E-state index in [4.69, 9.17) is 10.2 Å². The molecule has 3 rings (SSSR count). The molecule has 1 aliphatic rings. The summed E-state index contributed by atoms with van der Waals surface area (Å²) in [4.78, 5) is 15.8. The molecule has 26 heavy (non-hydrogen) atoms. The molecule has 3 N–H and O–H groups in total. The minimum Gasteiger partial charge on any atom is -0.330 e. The van der Waals surface area contributed by atoms with E-state index in [0.29, 0.717) is 12.5 Å². The summed E-state index contributed by atoms with van der Waals surface area (Å²) in [6.45, 7) is 3.73. The van der Waals surface area contributed by atoms with Gasteiger partial charge in [0.05, 0.1) is 17.6 Å². The Bertz CT molecular complexity index is 893. The zero-order valence-corrected chi connectivity index (χ0v) is 15.1. The topological polar surface area (TPSA) is 79.2 Å². The van der Waals surface area contributed by atoms with Crippen LogP contribution in [-0.4, -0.2) is 27.2 Å². The molecule has 0 saturated heterocycles. The molecule has 1 aliphatic carbocycles. The van der Waals surface area contributed by atoms with Crippen molar-refractivity contribution in [2.24, 2.45) is 13.0 Å². The molecular weight excluding hydrogens is 328 g/mol. The Hall–Kier alpha value is -2.70. The van der Waals surface area contributed by atoms with Crippen molar-refractivity contribution in [1.29, 1.82) is 0 Å². The lowest BCUT2D eigenvalue weighted by atomic mass is 9.99. The van der Waals surface area contributed by atoms with Gasteiger partial charge >= 0.3 is 0 Å². The molecule has 136 valence electrons. The van der Waals surface area contributed by atoms with E-state index in [-0.39, 0.29) is 0 Å². The molecule has 6 nitrogen and oxygen atoms in total. The number of amides is 1. The number of nitrogens with one attached hydrogen (secondary N) is 2. The molecule has 0 fully saturated rings. The van der Waals surface area contributed by atoms with E-state index < -0.39 is 5.91 Å². The van der Waals surface area contributed by atoms with E-state index in [1.807, 2.05) is 25.2 Å². The lowest BCUT2D eigenvalue weighted by Gasteiger charge is -2.12. The number of hydrogen-bond donors (Lipinski definition) is 3. The maximum atomic E-state index is 11.1. The lowest BCUT2D eigenvalue weighted by molar-refractivity contribution is -0.124. The number of hydrogen-bond acceptors (Lipinski definition) is 4. The molecule has 0 unspecified atom stereocenters.